The van der Waals surface area contributed by atoms with E-state index >= 15 is 0 Å². The van der Waals surface area contributed by atoms with Crippen LogP contribution in [0.15, 0.2) is 28.7 Å². The standard InChI is InChI=1S/C16H25BrN2/c1-13(11-14-3-5-16(17)6-4-14)19-9-7-15(8-10-19)12-18-2/h3-6,13,15,18H,7-12H2,1-2H3. The monoisotopic (exact) mass is 324 g/mol. The van der Waals surface area contributed by atoms with E-state index in [0.29, 0.717) is 6.04 Å². The van der Waals surface area contributed by atoms with Crippen molar-refractivity contribution in [2.24, 2.45) is 5.92 Å². The molecule has 0 aliphatic carbocycles. The van der Waals surface area contributed by atoms with Crippen molar-refractivity contribution in [2.45, 2.75) is 32.2 Å². The van der Waals surface area contributed by atoms with E-state index in [2.05, 4.69) is 64.4 Å². The van der Waals surface area contributed by atoms with Gasteiger partial charge in [-0.1, -0.05) is 28.1 Å². The van der Waals surface area contributed by atoms with Crippen molar-refractivity contribution < 1.29 is 0 Å². The van der Waals surface area contributed by atoms with Crippen molar-refractivity contribution in [2.75, 3.05) is 26.7 Å². The Morgan fingerprint density at radius 3 is 2.47 bits per heavy atom. The van der Waals surface area contributed by atoms with Gasteiger partial charge in [0.1, 0.15) is 0 Å². The lowest BCUT2D eigenvalue weighted by Gasteiger charge is -2.36. The molecule has 0 bridgehead atoms. The van der Waals surface area contributed by atoms with Gasteiger partial charge in [-0.2, -0.15) is 0 Å². The molecule has 1 heterocycles. The Kier molecular flexibility index (Phi) is 5.86. The van der Waals surface area contributed by atoms with Gasteiger partial charge < -0.3 is 10.2 Å². The minimum atomic E-state index is 0.650. The lowest BCUT2D eigenvalue weighted by molar-refractivity contribution is 0.140. The van der Waals surface area contributed by atoms with E-state index in [9.17, 15) is 0 Å². The first-order valence-electron chi connectivity index (χ1n) is 7.32. The van der Waals surface area contributed by atoms with Crippen molar-refractivity contribution in [1.29, 1.82) is 0 Å². The molecule has 1 N–H and O–H groups in total. The highest BCUT2D eigenvalue weighted by atomic mass is 79.9. The van der Waals surface area contributed by atoms with Crippen LogP contribution in [0, 0.1) is 5.92 Å². The second-order valence-corrected chi connectivity index (χ2v) is 6.63. The molecular weight excluding hydrogens is 300 g/mol. The molecule has 1 atom stereocenters. The highest BCUT2D eigenvalue weighted by Crippen LogP contribution is 2.20. The topological polar surface area (TPSA) is 15.3 Å². The molecule has 1 aliphatic heterocycles. The largest absolute Gasteiger partial charge is 0.319 e. The summed E-state index contributed by atoms with van der Waals surface area (Å²) in [4.78, 5) is 2.65. The fourth-order valence-electron chi connectivity index (χ4n) is 2.98. The van der Waals surface area contributed by atoms with E-state index in [-0.39, 0.29) is 0 Å². The predicted molar refractivity (Wildman–Crippen MR) is 85.5 cm³/mol. The maximum absolute atomic E-state index is 3.49. The van der Waals surface area contributed by atoms with Crippen molar-refractivity contribution in [3.8, 4) is 0 Å². The molecule has 1 unspecified atom stereocenters. The van der Waals surface area contributed by atoms with Gasteiger partial charge in [0.2, 0.25) is 0 Å². The van der Waals surface area contributed by atoms with Crippen LogP contribution in [-0.4, -0.2) is 37.6 Å². The number of likely N-dealkylation sites (tertiary alicyclic amines) is 1. The van der Waals surface area contributed by atoms with Crippen molar-refractivity contribution in [3.05, 3.63) is 34.3 Å². The summed E-state index contributed by atoms with van der Waals surface area (Å²) in [7, 11) is 2.06. The fourth-order valence-corrected chi connectivity index (χ4v) is 3.24. The predicted octanol–water partition coefficient (Wildman–Crippen LogP) is 3.31. The van der Waals surface area contributed by atoms with Gasteiger partial charge in [0, 0.05) is 10.5 Å². The van der Waals surface area contributed by atoms with Crippen LogP contribution in [-0.2, 0) is 6.42 Å². The molecule has 1 fully saturated rings. The molecule has 1 aromatic rings. The second-order valence-electron chi connectivity index (χ2n) is 5.72. The Bertz CT molecular complexity index is 369. The first-order chi connectivity index (χ1) is 9.19. The van der Waals surface area contributed by atoms with E-state index in [4.69, 9.17) is 0 Å². The zero-order chi connectivity index (χ0) is 13.7. The molecule has 1 aliphatic rings. The van der Waals surface area contributed by atoms with Gasteiger partial charge in [-0.25, -0.2) is 0 Å². The van der Waals surface area contributed by atoms with E-state index in [1.165, 1.54) is 38.0 Å². The van der Waals surface area contributed by atoms with Crippen LogP contribution in [0.3, 0.4) is 0 Å². The SMILES string of the molecule is CNCC1CCN(C(C)Cc2ccc(Br)cc2)CC1. The summed E-state index contributed by atoms with van der Waals surface area (Å²) in [6.45, 7) is 6.05. The third-order valence-electron chi connectivity index (χ3n) is 4.21. The molecule has 106 valence electrons. The van der Waals surface area contributed by atoms with E-state index < -0.39 is 0 Å². The summed E-state index contributed by atoms with van der Waals surface area (Å²) in [5, 5.41) is 3.30. The van der Waals surface area contributed by atoms with E-state index in [1.807, 2.05) is 0 Å². The quantitative estimate of drug-likeness (QED) is 0.893. The smallest absolute Gasteiger partial charge is 0.0175 e. The molecule has 1 saturated heterocycles. The summed E-state index contributed by atoms with van der Waals surface area (Å²) < 4.78 is 1.16. The zero-order valence-corrected chi connectivity index (χ0v) is 13.6. The van der Waals surface area contributed by atoms with Crippen LogP contribution in [0.2, 0.25) is 0 Å². The van der Waals surface area contributed by atoms with E-state index in [0.717, 1.165) is 16.8 Å². The summed E-state index contributed by atoms with van der Waals surface area (Å²) in [5.41, 5.74) is 1.44. The van der Waals surface area contributed by atoms with Crippen LogP contribution in [0.1, 0.15) is 25.3 Å². The van der Waals surface area contributed by atoms with E-state index in [1.54, 1.807) is 0 Å². The zero-order valence-electron chi connectivity index (χ0n) is 12.0. The first kappa shape index (κ1) is 15.0. The summed E-state index contributed by atoms with van der Waals surface area (Å²) in [6.07, 6.45) is 3.83. The Balaban J connectivity index is 1.81. The van der Waals surface area contributed by atoms with Crippen LogP contribution in [0.25, 0.3) is 0 Å². The van der Waals surface area contributed by atoms with Crippen molar-refractivity contribution in [1.82, 2.24) is 10.2 Å². The van der Waals surface area contributed by atoms with Gasteiger partial charge in [-0.15, -0.1) is 0 Å². The molecular formula is C16H25BrN2. The average molecular weight is 325 g/mol. The van der Waals surface area contributed by atoms with Gasteiger partial charge in [-0.3, -0.25) is 0 Å². The molecule has 0 radical (unpaired) electrons. The number of rotatable bonds is 5. The molecule has 19 heavy (non-hydrogen) atoms. The van der Waals surface area contributed by atoms with Crippen LogP contribution < -0.4 is 5.32 Å². The molecule has 0 saturated carbocycles. The van der Waals surface area contributed by atoms with Crippen molar-refractivity contribution in [3.63, 3.8) is 0 Å². The summed E-state index contributed by atoms with van der Waals surface area (Å²) in [6, 6.07) is 9.39. The lowest BCUT2D eigenvalue weighted by atomic mass is 9.95. The fraction of sp³-hybridized carbons (Fsp3) is 0.625. The molecule has 3 heteroatoms. The Morgan fingerprint density at radius 1 is 1.26 bits per heavy atom. The van der Waals surface area contributed by atoms with Crippen LogP contribution in [0.4, 0.5) is 0 Å². The Hall–Kier alpha value is -0.380. The molecule has 0 aromatic heterocycles. The number of benzene rings is 1. The number of nitrogens with zero attached hydrogens (tertiary/aromatic N) is 1. The molecule has 0 spiro atoms. The third kappa shape index (κ3) is 4.59. The summed E-state index contributed by atoms with van der Waals surface area (Å²) in [5.74, 6) is 0.876. The highest BCUT2D eigenvalue weighted by Gasteiger charge is 2.22. The summed E-state index contributed by atoms with van der Waals surface area (Å²) >= 11 is 3.49. The van der Waals surface area contributed by atoms with Crippen LogP contribution >= 0.6 is 15.9 Å². The number of nitrogens with one attached hydrogen (secondary N) is 1. The third-order valence-corrected chi connectivity index (χ3v) is 4.74. The minimum Gasteiger partial charge on any atom is -0.319 e. The molecule has 1 aromatic carbocycles. The number of piperidine rings is 1. The Morgan fingerprint density at radius 2 is 1.89 bits per heavy atom. The highest BCUT2D eigenvalue weighted by molar-refractivity contribution is 9.10. The van der Waals surface area contributed by atoms with Crippen LogP contribution in [0.5, 0.6) is 0 Å². The minimum absolute atomic E-state index is 0.650. The van der Waals surface area contributed by atoms with Gasteiger partial charge in [0.15, 0.2) is 0 Å². The lowest BCUT2D eigenvalue weighted by Crippen LogP contribution is -2.42. The number of halogens is 1. The normalized spacial score (nSPS) is 19.5. The first-order valence-corrected chi connectivity index (χ1v) is 8.11. The van der Waals surface area contributed by atoms with Gasteiger partial charge in [-0.05, 0) is 76.5 Å². The molecule has 0 amide bonds. The molecule has 2 rings (SSSR count). The average Bonchev–Trinajstić information content (AvgIpc) is 2.42. The Labute approximate surface area is 125 Å². The number of hydrogen-bond acceptors (Lipinski definition) is 2. The van der Waals surface area contributed by atoms with Gasteiger partial charge in [0.25, 0.3) is 0 Å². The maximum atomic E-state index is 3.49. The molecule has 2 nitrogen and oxygen atoms in total. The van der Waals surface area contributed by atoms with Crippen molar-refractivity contribution >= 4 is 15.9 Å². The maximum Gasteiger partial charge on any atom is 0.0175 e. The number of hydrogen-bond donors (Lipinski definition) is 1. The second kappa shape index (κ2) is 7.41. The van der Waals surface area contributed by atoms with Gasteiger partial charge >= 0.3 is 0 Å². The van der Waals surface area contributed by atoms with Gasteiger partial charge in [0.05, 0.1) is 0 Å².